The number of nitro benzene ring substituents is 1. The Bertz CT molecular complexity index is 363. The molecule has 1 aromatic carbocycles. The molecular weight excluding hydrogens is 218 g/mol. The van der Waals surface area contributed by atoms with Crippen LogP contribution in [0.15, 0.2) is 24.3 Å². The molecule has 0 bridgehead atoms. The minimum atomic E-state index is -0.390. The van der Waals surface area contributed by atoms with E-state index in [-0.39, 0.29) is 10.6 Å². The lowest BCUT2D eigenvalue weighted by Gasteiger charge is -2.17. The maximum absolute atomic E-state index is 10.5. The van der Waals surface area contributed by atoms with E-state index in [1.807, 2.05) is 14.1 Å². The average Bonchev–Trinajstić information content (AvgIpc) is 2.27. The smallest absolute Gasteiger partial charge is 0.269 e. The molecule has 0 aliphatic rings. The van der Waals surface area contributed by atoms with Gasteiger partial charge < -0.3 is 10.2 Å². The second-order valence-corrected chi connectivity index (χ2v) is 4.44. The first kappa shape index (κ1) is 13.4. The number of rotatable bonds is 6. The fraction of sp³-hybridized carbons (Fsp3) is 0.500. The van der Waals surface area contributed by atoms with Crippen LogP contribution in [-0.4, -0.2) is 36.5 Å². The lowest BCUT2D eigenvalue weighted by molar-refractivity contribution is -0.384. The Labute approximate surface area is 102 Å². The van der Waals surface area contributed by atoms with E-state index in [2.05, 4.69) is 17.1 Å². The zero-order valence-electron chi connectivity index (χ0n) is 10.5. The number of nitro groups is 1. The first-order valence-electron chi connectivity index (χ1n) is 5.65. The van der Waals surface area contributed by atoms with E-state index in [4.69, 9.17) is 0 Å². The van der Waals surface area contributed by atoms with Crippen LogP contribution in [0.25, 0.3) is 0 Å². The molecule has 5 nitrogen and oxygen atoms in total. The first-order valence-corrected chi connectivity index (χ1v) is 5.65. The molecule has 0 aromatic heterocycles. The van der Waals surface area contributed by atoms with Crippen LogP contribution < -0.4 is 5.32 Å². The van der Waals surface area contributed by atoms with Gasteiger partial charge in [0.05, 0.1) is 4.92 Å². The fourth-order valence-corrected chi connectivity index (χ4v) is 1.49. The van der Waals surface area contributed by atoms with Crippen molar-refractivity contribution in [2.75, 3.05) is 26.0 Å². The number of nitrogens with one attached hydrogen (secondary N) is 1. The van der Waals surface area contributed by atoms with Gasteiger partial charge >= 0.3 is 0 Å². The van der Waals surface area contributed by atoms with E-state index in [1.165, 1.54) is 12.1 Å². The Kier molecular flexibility index (Phi) is 4.90. The van der Waals surface area contributed by atoms with Crippen molar-refractivity contribution >= 4 is 11.4 Å². The molecule has 1 unspecified atom stereocenters. The summed E-state index contributed by atoms with van der Waals surface area (Å²) in [6.45, 7) is 3.12. The molecule has 1 atom stereocenters. The molecule has 5 heteroatoms. The van der Waals surface area contributed by atoms with Crippen molar-refractivity contribution < 1.29 is 4.92 Å². The summed E-state index contributed by atoms with van der Waals surface area (Å²) in [5.74, 6) is 0. The summed E-state index contributed by atoms with van der Waals surface area (Å²) in [5.41, 5.74) is 1.04. The second-order valence-electron chi connectivity index (χ2n) is 4.44. The largest absolute Gasteiger partial charge is 0.383 e. The van der Waals surface area contributed by atoms with Crippen molar-refractivity contribution in [2.24, 2.45) is 0 Å². The molecule has 17 heavy (non-hydrogen) atoms. The summed E-state index contributed by atoms with van der Waals surface area (Å²) in [5, 5.41) is 13.8. The van der Waals surface area contributed by atoms with E-state index in [0.717, 1.165) is 18.7 Å². The van der Waals surface area contributed by atoms with Gasteiger partial charge in [0.25, 0.3) is 5.69 Å². The van der Waals surface area contributed by atoms with E-state index < -0.39 is 0 Å². The topological polar surface area (TPSA) is 58.4 Å². The number of non-ortho nitro benzene ring substituents is 1. The lowest BCUT2D eigenvalue weighted by Crippen LogP contribution is -2.22. The molecule has 0 heterocycles. The summed E-state index contributed by atoms with van der Waals surface area (Å²) in [6, 6.07) is 6.86. The van der Waals surface area contributed by atoms with E-state index in [9.17, 15) is 10.1 Å². The highest BCUT2D eigenvalue weighted by molar-refractivity contribution is 5.48. The number of hydrogen-bond acceptors (Lipinski definition) is 4. The van der Waals surface area contributed by atoms with Gasteiger partial charge in [-0.3, -0.25) is 10.1 Å². The average molecular weight is 237 g/mol. The van der Waals surface area contributed by atoms with Crippen molar-refractivity contribution in [3.05, 3.63) is 34.4 Å². The standard InChI is InChI=1S/C12H19N3O2/c1-10(8-9-14(2)3)13-11-4-6-12(7-5-11)15(16)17/h4-7,10,13H,8-9H2,1-3H3. The number of benzene rings is 1. The van der Waals surface area contributed by atoms with Gasteiger partial charge in [-0.25, -0.2) is 0 Å². The Balaban J connectivity index is 2.48. The maximum Gasteiger partial charge on any atom is 0.269 e. The van der Waals surface area contributed by atoms with E-state index in [0.29, 0.717) is 6.04 Å². The van der Waals surface area contributed by atoms with Crippen molar-refractivity contribution in [3.63, 3.8) is 0 Å². The maximum atomic E-state index is 10.5. The Morgan fingerprint density at radius 3 is 2.41 bits per heavy atom. The third-order valence-electron chi connectivity index (χ3n) is 2.50. The normalized spacial score (nSPS) is 12.5. The summed E-state index contributed by atoms with van der Waals surface area (Å²) < 4.78 is 0. The second kappa shape index (κ2) is 6.20. The van der Waals surface area contributed by atoms with Gasteiger partial charge in [0.1, 0.15) is 0 Å². The third kappa shape index (κ3) is 4.82. The summed E-state index contributed by atoms with van der Waals surface area (Å²) in [7, 11) is 4.08. The van der Waals surface area contributed by atoms with Gasteiger partial charge in [0, 0.05) is 23.9 Å². The summed E-state index contributed by atoms with van der Waals surface area (Å²) in [6.07, 6.45) is 1.03. The van der Waals surface area contributed by atoms with E-state index in [1.54, 1.807) is 12.1 Å². The molecule has 0 aliphatic carbocycles. The highest BCUT2D eigenvalue weighted by Crippen LogP contribution is 2.16. The van der Waals surface area contributed by atoms with Crippen molar-refractivity contribution in [3.8, 4) is 0 Å². The zero-order valence-corrected chi connectivity index (χ0v) is 10.5. The van der Waals surface area contributed by atoms with Crippen molar-refractivity contribution in [2.45, 2.75) is 19.4 Å². The fourth-order valence-electron chi connectivity index (χ4n) is 1.49. The van der Waals surface area contributed by atoms with Crippen LogP contribution in [0.2, 0.25) is 0 Å². The molecule has 0 amide bonds. The Hall–Kier alpha value is -1.62. The highest BCUT2D eigenvalue weighted by Gasteiger charge is 2.06. The van der Waals surface area contributed by atoms with Gasteiger partial charge in [-0.2, -0.15) is 0 Å². The minimum absolute atomic E-state index is 0.122. The lowest BCUT2D eigenvalue weighted by atomic mass is 10.2. The molecule has 0 radical (unpaired) electrons. The molecule has 0 fully saturated rings. The van der Waals surface area contributed by atoms with Crippen LogP contribution >= 0.6 is 0 Å². The molecule has 1 rings (SSSR count). The van der Waals surface area contributed by atoms with Gasteiger partial charge in [-0.1, -0.05) is 0 Å². The highest BCUT2D eigenvalue weighted by atomic mass is 16.6. The Morgan fingerprint density at radius 1 is 1.35 bits per heavy atom. The molecule has 0 saturated heterocycles. The predicted octanol–water partition coefficient (Wildman–Crippen LogP) is 2.35. The molecule has 0 saturated carbocycles. The van der Waals surface area contributed by atoms with Crippen LogP contribution in [0.1, 0.15) is 13.3 Å². The molecular formula is C12H19N3O2. The van der Waals surface area contributed by atoms with Gasteiger partial charge in [0.2, 0.25) is 0 Å². The molecule has 0 aliphatic heterocycles. The SMILES string of the molecule is CC(CCN(C)C)Nc1ccc([N+](=O)[O-])cc1. The van der Waals surface area contributed by atoms with Crippen LogP contribution in [0.5, 0.6) is 0 Å². The van der Waals surface area contributed by atoms with Crippen LogP contribution in [0.4, 0.5) is 11.4 Å². The van der Waals surface area contributed by atoms with Gasteiger partial charge in [0.15, 0.2) is 0 Å². The van der Waals surface area contributed by atoms with Gasteiger partial charge in [-0.15, -0.1) is 0 Å². The quantitative estimate of drug-likeness (QED) is 0.609. The van der Waals surface area contributed by atoms with Crippen molar-refractivity contribution in [1.82, 2.24) is 4.90 Å². The zero-order chi connectivity index (χ0) is 12.8. The molecule has 1 aromatic rings. The van der Waals surface area contributed by atoms with Crippen molar-refractivity contribution in [1.29, 1.82) is 0 Å². The summed E-state index contributed by atoms with van der Waals surface area (Å²) in [4.78, 5) is 12.2. The van der Waals surface area contributed by atoms with Crippen LogP contribution in [-0.2, 0) is 0 Å². The third-order valence-corrected chi connectivity index (χ3v) is 2.50. The molecule has 1 N–H and O–H groups in total. The Morgan fingerprint density at radius 2 is 1.94 bits per heavy atom. The number of anilines is 1. The van der Waals surface area contributed by atoms with Gasteiger partial charge in [-0.05, 0) is 46.1 Å². The van der Waals surface area contributed by atoms with Crippen LogP contribution in [0.3, 0.4) is 0 Å². The molecule has 94 valence electrons. The van der Waals surface area contributed by atoms with Crippen LogP contribution in [0, 0.1) is 10.1 Å². The first-order chi connectivity index (χ1) is 7.99. The predicted molar refractivity (Wildman–Crippen MR) is 69.4 cm³/mol. The number of hydrogen-bond donors (Lipinski definition) is 1. The number of nitrogens with zero attached hydrogens (tertiary/aromatic N) is 2. The monoisotopic (exact) mass is 237 g/mol. The van der Waals surface area contributed by atoms with E-state index >= 15 is 0 Å². The molecule has 0 spiro atoms. The summed E-state index contributed by atoms with van der Waals surface area (Å²) >= 11 is 0. The minimum Gasteiger partial charge on any atom is -0.383 e.